The van der Waals surface area contributed by atoms with Gasteiger partial charge in [0.2, 0.25) is 5.89 Å². The maximum Gasteiger partial charge on any atom is 0.319 e. The minimum atomic E-state index is -0.366. The van der Waals surface area contributed by atoms with Gasteiger partial charge in [0.25, 0.3) is 0 Å². The van der Waals surface area contributed by atoms with Crippen molar-refractivity contribution in [2.45, 2.75) is 13.5 Å². The number of amides is 2. The molecule has 0 saturated heterocycles. The number of nitrogens with one attached hydrogen (secondary N) is 2. The van der Waals surface area contributed by atoms with Crippen LogP contribution in [0.1, 0.15) is 11.7 Å². The fourth-order valence-corrected chi connectivity index (χ4v) is 2.01. The average molecular weight is 324 g/mol. The van der Waals surface area contributed by atoms with Crippen molar-refractivity contribution < 1.29 is 14.1 Å². The van der Waals surface area contributed by atoms with Crippen molar-refractivity contribution in [2.24, 2.45) is 0 Å². The van der Waals surface area contributed by atoms with Gasteiger partial charge in [0.1, 0.15) is 11.5 Å². The molecular formula is C17H16N4O3. The Labute approximate surface area is 138 Å². The molecule has 0 spiro atoms. The number of aromatic nitrogens is 2. The maximum atomic E-state index is 11.9. The van der Waals surface area contributed by atoms with Gasteiger partial charge in [0.15, 0.2) is 5.82 Å². The number of anilines is 1. The van der Waals surface area contributed by atoms with Crippen molar-refractivity contribution in [1.82, 2.24) is 15.5 Å². The molecule has 1 heterocycles. The number of ether oxygens (including phenoxy) is 1. The molecule has 2 N–H and O–H groups in total. The third kappa shape index (κ3) is 4.33. The van der Waals surface area contributed by atoms with Gasteiger partial charge in [-0.1, -0.05) is 29.4 Å². The molecule has 0 aliphatic rings. The third-order valence-electron chi connectivity index (χ3n) is 3.05. The Hall–Kier alpha value is -3.35. The van der Waals surface area contributed by atoms with E-state index in [0.29, 0.717) is 23.2 Å². The summed E-state index contributed by atoms with van der Waals surface area (Å²) in [6.07, 6.45) is 0. The summed E-state index contributed by atoms with van der Waals surface area (Å²) in [5.74, 6) is 2.24. The standard InChI is InChI=1S/C17H16N4O3/c1-12-19-16(21-24-12)11-18-17(22)20-13-6-5-9-15(10-13)23-14-7-3-2-4-8-14/h2-10H,11H2,1H3,(H2,18,20,22). The Kier molecular flexibility index (Phi) is 4.71. The first-order valence-electron chi connectivity index (χ1n) is 7.36. The van der Waals surface area contributed by atoms with Crippen LogP contribution in [0.3, 0.4) is 0 Å². The lowest BCUT2D eigenvalue weighted by Gasteiger charge is -2.09. The highest BCUT2D eigenvalue weighted by atomic mass is 16.5. The van der Waals surface area contributed by atoms with Gasteiger partial charge in [0, 0.05) is 18.7 Å². The van der Waals surface area contributed by atoms with E-state index in [1.165, 1.54) is 0 Å². The van der Waals surface area contributed by atoms with Crippen molar-refractivity contribution >= 4 is 11.7 Å². The second-order valence-corrected chi connectivity index (χ2v) is 4.98. The Morgan fingerprint density at radius 2 is 1.92 bits per heavy atom. The number of carbonyl (C=O) groups is 1. The minimum absolute atomic E-state index is 0.184. The summed E-state index contributed by atoms with van der Waals surface area (Å²) in [5.41, 5.74) is 0.616. The second kappa shape index (κ2) is 7.28. The van der Waals surface area contributed by atoms with Crippen LogP contribution in [-0.4, -0.2) is 16.2 Å². The lowest BCUT2D eigenvalue weighted by molar-refractivity contribution is 0.251. The molecule has 0 unspecified atom stereocenters. The summed E-state index contributed by atoms with van der Waals surface area (Å²) >= 11 is 0. The van der Waals surface area contributed by atoms with Crippen molar-refractivity contribution in [3.63, 3.8) is 0 Å². The normalized spacial score (nSPS) is 10.2. The molecule has 0 atom stereocenters. The summed E-state index contributed by atoms with van der Waals surface area (Å²) in [5, 5.41) is 9.09. The first-order chi connectivity index (χ1) is 11.7. The van der Waals surface area contributed by atoms with Crippen LogP contribution in [0.15, 0.2) is 59.1 Å². The average Bonchev–Trinajstić information content (AvgIpc) is 3.00. The predicted octanol–water partition coefficient (Wildman–Crippen LogP) is 3.49. The van der Waals surface area contributed by atoms with Crippen LogP contribution >= 0.6 is 0 Å². The smallest absolute Gasteiger partial charge is 0.319 e. The van der Waals surface area contributed by atoms with Crippen LogP contribution in [0.25, 0.3) is 0 Å². The van der Waals surface area contributed by atoms with Gasteiger partial charge in [0.05, 0.1) is 6.54 Å². The Bertz CT molecular complexity index is 817. The zero-order valence-corrected chi connectivity index (χ0v) is 13.0. The molecule has 2 aromatic carbocycles. The van der Waals surface area contributed by atoms with E-state index < -0.39 is 0 Å². The van der Waals surface area contributed by atoms with Crippen molar-refractivity contribution in [1.29, 1.82) is 0 Å². The molecule has 3 aromatic rings. The molecule has 0 radical (unpaired) electrons. The van der Waals surface area contributed by atoms with Crippen molar-refractivity contribution in [3.05, 3.63) is 66.3 Å². The zero-order valence-electron chi connectivity index (χ0n) is 13.0. The van der Waals surface area contributed by atoms with E-state index >= 15 is 0 Å². The summed E-state index contributed by atoms with van der Waals surface area (Å²) in [7, 11) is 0. The van der Waals surface area contributed by atoms with Gasteiger partial charge in [-0.05, 0) is 24.3 Å². The zero-order chi connectivity index (χ0) is 16.8. The molecule has 122 valence electrons. The van der Waals surface area contributed by atoms with Gasteiger partial charge in [-0.25, -0.2) is 4.79 Å². The van der Waals surface area contributed by atoms with Crippen LogP contribution < -0.4 is 15.4 Å². The first kappa shape index (κ1) is 15.5. The molecule has 0 fully saturated rings. The van der Waals surface area contributed by atoms with Crippen LogP contribution in [0.4, 0.5) is 10.5 Å². The van der Waals surface area contributed by atoms with E-state index in [-0.39, 0.29) is 12.6 Å². The topological polar surface area (TPSA) is 89.3 Å². The summed E-state index contributed by atoms with van der Waals surface area (Å²) < 4.78 is 10.6. The Balaban J connectivity index is 1.56. The number of aryl methyl sites for hydroxylation is 1. The molecule has 1 aromatic heterocycles. The fraction of sp³-hybridized carbons (Fsp3) is 0.118. The number of nitrogens with zero attached hydrogens (tertiary/aromatic N) is 2. The lowest BCUT2D eigenvalue weighted by atomic mass is 10.3. The third-order valence-corrected chi connectivity index (χ3v) is 3.05. The molecule has 2 amide bonds. The highest BCUT2D eigenvalue weighted by Gasteiger charge is 2.06. The van der Waals surface area contributed by atoms with E-state index in [9.17, 15) is 4.79 Å². The molecular weight excluding hydrogens is 308 g/mol. The van der Waals surface area contributed by atoms with Gasteiger partial charge < -0.3 is 19.9 Å². The van der Waals surface area contributed by atoms with E-state index in [1.54, 1.807) is 25.1 Å². The molecule has 7 nitrogen and oxygen atoms in total. The number of benzene rings is 2. The summed E-state index contributed by atoms with van der Waals surface area (Å²) in [4.78, 5) is 15.9. The SMILES string of the molecule is Cc1nc(CNC(=O)Nc2cccc(Oc3ccccc3)c2)no1. The minimum Gasteiger partial charge on any atom is -0.457 e. The maximum absolute atomic E-state index is 11.9. The molecule has 0 aliphatic heterocycles. The van der Waals surface area contributed by atoms with Gasteiger partial charge in [-0.3, -0.25) is 0 Å². The molecule has 0 bridgehead atoms. The lowest BCUT2D eigenvalue weighted by Crippen LogP contribution is -2.28. The van der Waals surface area contributed by atoms with E-state index in [0.717, 1.165) is 5.75 Å². The highest BCUT2D eigenvalue weighted by Crippen LogP contribution is 2.23. The fourth-order valence-electron chi connectivity index (χ4n) is 2.01. The van der Waals surface area contributed by atoms with E-state index in [4.69, 9.17) is 9.26 Å². The van der Waals surface area contributed by atoms with Crippen LogP contribution in [0, 0.1) is 6.92 Å². The monoisotopic (exact) mass is 324 g/mol. The van der Waals surface area contributed by atoms with Crippen molar-refractivity contribution in [2.75, 3.05) is 5.32 Å². The van der Waals surface area contributed by atoms with Crippen molar-refractivity contribution in [3.8, 4) is 11.5 Å². The van der Waals surface area contributed by atoms with Crippen LogP contribution in [0.5, 0.6) is 11.5 Å². The first-order valence-corrected chi connectivity index (χ1v) is 7.36. The number of hydrogen-bond acceptors (Lipinski definition) is 5. The largest absolute Gasteiger partial charge is 0.457 e. The Morgan fingerprint density at radius 1 is 1.12 bits per heavy atom. The Morgan fingerprint density at radius 3 is 2.67 bits per heavy atom. The highest BCUT2D eigenvalue weighted by molar-refractivity contribution is 5.89. The number of hydrogen-bond donors (Lipinski definition) is 2. The van der Waals surface area contributed by atoms with E-state index in [1.807, 2.05) is 36.4 Å². The number of carbonyl (C=O) groups excluding carboxylic acids is 1. The number of para-hydroxylation sites is 1. The van der Waals surface area contributed by atoms with Gasteiger partial charge in [-0.2, -0.15) is 4.98 Å². The molecule has 3 rings (SSSR count). The van der Waals surface area contributed by atoms with Crippen LogP contribution in [0.2, 0.25) is 0 Å². The second-order valence-electron chi connectivity index (χ2n) is 4.98. The number of rotatable bonds is 5. The molecule has 0 saturated carbocycles. The summed E-state index contributed by atoms with van der Waals surface area (Å²) in [6, 6.07) is 16.2. The van der Waals surface area contributed by atoms with Crippen LogP contribution in [-0.2, 0) is 6.54 Å². The molecule has 24 heavy (non-hydrogen) atoms. The van der Waals surface area contributed by atoms with Gasteiger partial charge >= 0.3 is 6.03 Å². The van der Waals surface area contributed by atoms with Gasteiger partial charge in [-0.15, -0.1) is 0 Å². The summed E-state index contributed by atoms with van der Waals surface area (Å²) in [6.45, 7) is 1.87. The van der Waals surface area contributed by atoms with E-state index in [2.05, 4.69) is 20.8 Å². The molecule has 0 aliphatic carbocycles. The predicted molar refractivity (Wildman–Crippen MR) is 87.9 cm³/mol. The number of urea groups is 1. The quantitative estimate of drug-likeness (QED) is 0.750. The molecule has 7 heteroatoms.